The molecule has 0 aromatic heterocycles. The maximum absolute atomic E-state index is 12.3. The zero-order valence-electron chi connectivity index (χ0n) is 12.2. The zero-order chi connectivity index (χ0) is 15.1. The van der Waals surface area contributed by atoms with E-state index in [0.717, 1.165) is 24.8 Å². The predicted molar refractivity (Wildman–Crippen MR) is 90.3 cm³/mol. The van der Waals surface area contributed by atoms with Gasteiger partial charge in [-0.05, 0) is 43.9 Å². The summed E-state index contributed by atoms with van der Waals surface area (Å²) in [6, 6.07) is 17.7. The third-order valence-corrected chi connectivity index (χ3v) is 5.44. The number of benzene rings is 2. The molecule has 0 aliphatic carbocycles. The Labute approximate surface area is 132 Å². The molecule has 1 unspecified atom stereocenters. The van der Waals surface area contributed by atoms with Gasteiger partial charge in [-0.25, -0.2) is 4.21 Å². The van der Waals surface area contributed by atoms with Crippen LogP contribution in [0.15, 0.2) is 59.5 Å². The SMILES string of the molecule is Cc1ccc(S(=O)(=S)OCCCCc2ccccc2)cc1. The van der Waals surface area contributed by atoms with Gasteiger partial charge in [0.15, 0.2) is 8.77 Å². The third-order valence-electron chi connectivity index (χ3n) is 3.25. The lowest BCUT2D eigenvalue weighted by Crippen LogP contribution is -2.06. The van der Waals surface area contributed by atoms with Crippen LogP contribution in [-0.4, -0.2) is 10.8 Å². The van der Waals surface area contributed by atoms with Gasteiger partial charge in [0.1, 0.15) is 0 Å². The topological polar surface area (TPSA) is 26.3 Å². The molecule has 21 heavy (non-hydrogen) atoms. The molecule has 0 heterocycles. The molecule has 0 aliphatic heterocycles. The van der Waals surface area contributed by atoms with Crippen molar-refractivity contribution >= 4 is 20.0 Å². The van der Waals surface area contributed by atoms with E-state index >= 15 is 0 Å². The largest absolute Gasteiger partial charge is 0.286 e. The van der Waals surface area contributed by atoms with Crippen LogP contribution in [0.3, 0.4) is 0 Å². The summed E-state index contributed by atoms with van der Waals surface area (Å²) in [5.41, 5.74) is 2.43. The van der Waals surface area contributed by atoms with Crippen molar-refractivity contribution in [3.8, 4) is 0 Å². The summed E-state index contributed by atoms with van der Waals surface area (Å²) in [4.78, 5) is 0.589. The van der Waals surface area contributed by atoms with E-state index in [2.05, 4.69) is 12.1 Å². The highest BCUT2D eigenvalue weighted by Crippen LogP contribution is 2.14. The first-order valence-electron chi connectivity index (χ1n) is 7.08. The van der Waals surface area contributed by atoms with Crippen LogP contribution in [0.25, 0.3) is 0 Å². The first kappa shape index (κ1) is 16.1. The minimum atomic E-state index is -2.79. The molecule has 0 saturated carbocycles. The standard InChI is InChI=1S/C17H20O2S2/c1-15-10-12-17(13-11-15)21(18,20)19-14-6-5-9-16-7-3-2-4-8-16/h2-4,7-8,10-13H,5-6,9,14H2,1H3. The van der Waals surface area contributed by atoms with Crippen LogP contribution in [0, 0.1) is 6.92 Å². The molecule has 0 fully saturated rings. The molecule has 0 saturated heterocycles. The number of hydrogen-bond donors (Lipinski definition) is 0. The van der Waals surface area contributed by atoms with Crippen LogP contribution in [-0.2, 0) is 30.6 Å². The molecule has 2 aromatic rings. The van der Waals surface area contributed by atoms with Gasteiger partial charge in [-0.3, -0.25) is 4.18 Å². The van der Waals surface area contributed by atoms with E-state index in [1.165, 1.54) is 5.56 Å². The number of rotatable bonds is 7. The van der Waals surface area contributed by atoms with Crippen molar-refractivity contribution in [1.82, 2.24) is 0 Å². The molecule has 112 valence electrons. The van der Waals surface area contributed by atoms with E-state index in [-0.39, 0.29) is 0 Å². The fourth-order valence-corrected chi connectivity index (χ4v) is 3.50. The van der Waals surface area contributed by atoms with E-state index in [1.807, 2.05) is 37.3 Å². The average Bonchev–Trinajstić information content (AvgIpc) is 2.48. The second-order valence-electron chi connectivity index (χ2n) is 5.03. The van der Waals surface area contributed by atoms with E-state index in [1.54, 1.807) is 12.1 Å². The van der Waals surface area contributed by atoms with Gasteiger partial charge in [-0.1, -0.05) is 48.0 Å². The Morgan fingerprint density at radius 3 is 2.33 bits per heavy atom. The Morgan fingerprint density at radius 1 is 1.00 bits per heavy atom. The summed E-state index contributed by atoms with van der Waals surface area (Å²) in [5.74, 6) is 0. The van der Waals surface area contributed by atoms with Gasteiger partial charge in [0.2, 0.25) is 0 Å². The molecule has 0 spiro atoms. The van der Waals surface area contributed by atoms with Crippen molar-refractivity contribution in [3.05, 3.63) is 65.7 Å². The molecule has 0 radical (unpaired) electrons. The summed E-state index contributed by atoms with van der Waals surface area (Å²) in [7, 11) is -2.79. The van der Waals surface area contributed by atoms with Gasteiger partial charge >= 0.3 is 0 Å². The van der Waals surface area contributed by atoms with Crippen molar-refractivity contribution < 1.29 is 8.39 Å². The predicted octanol–water partition coefficient (Wildman–Crippen LogP) is 4.05. The van der Waals surface area contributed by atoms with Crippen molar-refractivity contribution in [2.45, 2.75) is 31.1 Å². The Hall–Kier alpha value is -1.23. The lowest BCUT2D eigenvalue weighted by atomic mass is 10.1. The van der Waals surface area contributed by atoms with Gasteiger partial charge in [0, 0.05) is 11.2 Å². The van der Waals surface area contributed by atoms with Crippen LogP contribution in [0.5, 0.6) is 0 Å². The molecule has 2 nitrogen and oxygen atoms in total. The summed E-state index contributed by atoms with van der Waals surface area (Å²) in [6.45, 7) is 2.42. The van der Waals surface area contributed by atoms with E-state index < -0.39 is 8.77 Å². The summed E-state index contributed by atoms with van der Waals surface area (Å²) in [6.07, 6.45) is 2.87. The summed E-state index contributed by atoms with van der Waals surface area (Å²) in [5, 5.41) is 0. The Morgan fingerprint density at radius 2 is 1.67 bits per heavy atom. The Kier molecular flexibility index (Phi) is 5.91. The molecule has 0 N–H and O–H groups in total. The highest BCUT2D eigenvalue weighted by atomic mass is 32.8. The fourth-order valence-electron chi connectivity index (χ4n) is 2.02. The van der Waals surface area contributed by atoms with Gasteiger partial charge in [0.05, 0.1) is 11.5 Å². The monoisotopic (exact) mass is 320 g/mol. The minimum absolute atomic E-state index is 0.434. The molecule has 0 bridgehead atoms. The normalized spacial score (nSPS) is 13.8. The van der Waals surface area contributed by atoms with E-state index in [9.17, 15) is 4.21 Å². The van der Waals surface area contributed by atoms with Crippen molar-refractivity contribution in [2.75, 3.05) is 6.61 Å². The first-order chi connectivity index (χ1) is 10.1. The highest BCUT2D eigenvalue weighted by Gasteiger charge is 2.09. The molecular formula is C17H20O2S2. The molecule has 1 atom stereocenters. The Bertz CT molecular complexity index is 647. The molecule has 0 amide bonds. The van der Waals surface area contributed by atoms with Crippen LogP contribution in [0.1, 0.15) is 24.0 Å². The van der Waals surface area contributed by atoms with Crippen LogP contribution in [0.2, 0.25) is 0 Å². The molecular weight excluding hydrogens is 300 g/mol. The second kappa shape index (κ2) is 7.69. The number of hydrogen-bond acceptors (Lipinski definition) is 3. The van der Waals surface area contributed by atoms with Gasteiger partial charge in [-0.2, -0.15) is 0 Å². The summed E-state index contributed by atoms with van der Waals surface area (Å²) < 4.78 is 17.8. The smallest absolute Gasteiger partial charge is 0.173 e. The van der Waals surface area contributed by atoms with E-state index in [4.69, 9.17) is 15.4 Å². The van der Waals surface area contributed by atoms with Gasteiger partial charge in [-0.15, -0.1) is 0 Å². The maximum atomic E-state index is 12.3. The van der Waals surface area contributed by atoms with E-state index in [0.29, 0.717) is 11.5 Å². The molecule has 0 aliphatic rings. The Balaban J connectivity index is 1.76. The van der Waals surface area contributed by atoms with Crippen molar-refractivity contribution in [1.29, 1.82) is 0 Å². The zero-order valence-corrected chi connectivity index (χ0v) is 13.8. The number of unbranched alkanes of at least 4 members (excludes halogenated alkanes) is 1. The maximum Gasteiger partial charge on any atom is 0.173 e. The first-order valence-corrected chi connectivity index (χ1v) is 9.49. The van der Waals surface area contributed by atoms with Gasteiger partial charge in [0.25, 0.3) is 0 Å². The molecule has 2 rings (SSSR count). The summed E-state index contributed by atoms with van der Waals surface area (Å²) >= 11 is 5.10. The average molecular weight is 320 g/mol. The second-order valence-corrected chi connectivity index (χ2v) is 7.96. The van der Waals surface area contributed by atoms with Crippen LogP contribution in [0.4, 0.5) is 0 Å². The molecule has 4 heteroatoms. The quantitative estimate of drug-likeness (QED) is 0.720. The van der Waals surface area contributed by atoms with Crippen molar-refractivity contribution in [3.63, 3.8) is 0 Å². The molecule has 2 aromatic carbocycles. The van der Waals surface area contributed by atoms with Crippen LogP contribution < -0.4 is 0 Å². The highest BCUT2D eigenvalue weighted by molar-refractivity contribution is 8.30. The lowest BCUT2D eigenvalue weighted by molar-refractivity contribution is 0.334. The number of aryl methyl sites for hydroxylation is 2. The fraction of sp³-hybridized carbons (Fsp3) is 0.294. The van der Waals surface area contributed by atoms with Crippen LogP contribution >= 0.6 is 0 Å². The van der Waals surface area contributed by atoms with Gasteiger partial charge < -0.3 is 0 Å². The minimum Gasteiger partial charge on any atom is -0.286 e. The van der Waals surface area contributed by atoms with Crippen molar-refractivity contribution in [2.24, 2.45) is 0 Å². The lowest BCUT2D eigenvalue weighted by Gasteiger charge is -2.08. The third kappa shape index (κ3) is 5.23.